The molecule has 6 heteroatoms. The van der Waals surface area contributed by atoms with Gasteiger partial charge in [0.1, 0.15) is 11.6 Å². The number of benzene rings is 2. The van der Waals surface area contributed by atoms with E-state index in [9.17, 15) is 12.8 Å². The van der Waals surface area contributed by atoms with Gasteiger partial charge in [0.25, 0.3) is 0 Å². The number of nitrogens with one attached hydrogen (secondary N) is 1. The van der Waals surface area contributed by atoms with Crippen LogP contribution < -0.4 is 9.46 Å². The molecule has 1 unspecified atom stereocenters. The van der Waals surface area contributed by atoms with Crippen LogP contribution in [0.5, 0.6) is 5.75 Å². The van der Waals surface area contributed by atoms with Crippen LogP contribution in [0.2, 0.25) is 0 Å². The number of hydrogen-bond donors (Lipinski definition) is 1. The van der Waals surface area contributed by atoms with Crippen molar-refractivity contribution >= 4 is 10.0 Å². The van der Waals surface area contributed by atoms with Crippen LogP contribution in [0.4, 0.5) is 4.39 Å². The maximum atomic E-state index is 13.6. The Morgan fingerprint density at radius 1 is 1.13 bits per heavy atom. The van der Waals surface area contributed by atoms with Gasteiger partial charge < -0.3 is 4.74 Å². The van der Waals surface area contributed by atoms with Crippen molar-refractivity contribution in [3.63, 3.8) is 0 Å². The fraction of sp³-hybridized carbons (Fsp3) is 0.294. The molecule has 0 amide bonds. The van der Waals surface area contributed by atoms with E-state index in [1.807, 2.05) is 6.92 Å². The zero-order chi connectivity index (χ0) is 16.9. The summed E-state index contributed by atoms with van der Waals surface area (Å²) in [4.78, 5) is 0. The Bertz CT molecular complexity index is 745. The van der Waals surface area contributed by atoms with Crippen molar-refractivity contribution in [3.05, 3.63) is 65.5 Å². The molecule has 2 rings (SSSR count). The lowest BCUT2D eigenvalue weighted by Gasteiger charge is -2.15. The van der Waals surface area contributed by atoms with Crippen molar-refractivity contribution in [1.29, 1.82) is 0 Å². The van der Waals surface area contributed by atoms with E-state index in [2.05, 4.69) is 4.72 Å². The summed E-state index contributed by atoms with van der Waals surface area (Å²) >= 11 is 0. The summed E-state index contributed by atoms with van der Waals surface area (Å²) in [6.45, 7) is 4.21. The molecule has 2 aromatic carbocycles. The zero-order valence-corrected chi connectivity index (χ0v) is 13.9. The van der Waals surface area contributed by atoms with E-state index < -0.39 is 21.9 Å². The summed E-state index contributed by atoms with van der Waals surface area (Å²) in [5.41, 5.74) is 0.962. The van der Waals surface area contributed by atoms with Crippen LogP contribution in [0.15, 0.2) is 48.5 Å². The minimum atomic E-state index is -3.65. The van der Waals surface area contributed by atoms with Gasteiger partial charge >= 0.3 is 0 Å². The fourth-order valence-corrected chi connectivity index (χ4v) is 3.62. The minimum absolute atomic E-state index is 0.152. The van der Waals surface area contributed by atoms with Crippen LogP contribution in [0.25, 0.3) is 0 Å². The molecule has 23 heavy (non-hydrogen) atoms. The quantitative estimate of drug-likeness (QED) is 0.842. The van der Waals surface area contributed by atoms with Gasteiger partial charge in [-0.1, -0.05) is 30.3 Å². The molecule has 0 heterocycles. The summed E-state index contributed by atoms with van der Waals surface area (Å²) in [6.07, 6.45) is 0. The fourth-order valence-electron chi connectivity index (χ4n) is 2.22. The molecule has 0 radical (unpaired) electrons. The molecule has 4 nitrogen and oxygen atoms in total. The van der Waals surface area contributed by atoms with E-state index in [1.165, 1.54) is 18.2 Å². The van der Waals surface area contributed by atoms with Gasteiger partial charge in [-0.15, -0.1) is 0 Å². The lowest BCUT2D eigenvalue weighted by atomic mass is 10.1. The van der Waals surface area contributed by atoms with Crippen molar-refractivity contribution in [1.82, 2.24) is 4.72 Å². The number of hydrogen-bond acceptors (Lipinski definition) is 3. The first-order valence-electron chi connectivity index (χ1n) is 7.37. The van der Waals surface area contributed by atoms with Gasteiger partial charge in [-0.25, -0.2) is 17.5 Å². The summed E-state index contributed by atoms with van der Waals surface area (Å²) in [5.74, 6) is -0.176. The van der Waals surface area contributed by atoms with E-state index in [0.717, 1.165) is 11.3 Å². The highest BCUT2D eigenvalue weighted by Crippen LogP contribution is 2.19. The smallest absolute Gasteiger partial charge is 0.216 e. The van der Waals surface area contributed by atoms with Crippen molar-refractivity contribution in [2.45, 2.75) is 25.6 Å². The number of ether oxygens (including phenoxy) is 1. The summed E-state index contributed by atoms with van der Waals surface area (Å²) < 4.78 is 45.9. The molecule has 0 aliphatic rings. The maximum Gasteiger partial charge on any atom is 0.216 e. The van der Waals surface area contributed by atoms with Gasteiger partial charge in [0.2, 0.25) is 10.0 Å². The SMILES string of the molecule is CCOc1ccc(C(C)NS(=O)(=O)Cc2ccccc2F)cc1. The Kier molecular flexibility index (Phi) is 5.74. The third-order valence-electron chi connectivity index (χ3n) is 3.35. The normalized spacial score (nSPS) is 12.8. The third kappa shape index (κ3) is 5.04. The van der Waals surface area contributed by atoms with Crippen LogP contribution in [0, 0.1) is 5.82 Å². The van der Waals surface area contributed by atoms with Crippen molar-refractivity contribution in [2.24, 2.45) is 0 Å². The van der Waals surface area contributed by atoms with Crippen LogP contribution in [0.1, 0.15) is 31.0 Å². The van der Waals surface area contributed by atoms with Gasteiger partial charge in [0.05, 0.1) is 12.4 Å². The lowest BCUT2D eigenvalue weighted by molar-refractivity contribution is 0.340. The van der Waals surface area contributed by atoms with Crippen LogP contribution in [0.3, 0.4) is 0 Å². The maximum absolute atomic E-state index is 13.6. The van der Waals surface area contributed by atoms with Gasteiger partial charge in [0.15, 0.2) is 0 Å². The summed E-state index contributed by atoms with van der Waals surface area (Å²) in [6, 6.07) is 12.6. The molecule has 0 aliphatic heterocycles. The Morgan fingerprint density at radius 2 is 1.78 bits per heavy atom. The number of halogens is 1. The molecule has 0 bridgehead atoms. The average Bonchev–Trinajstić information content (AvgIpc) is 2.50. The topological polar surface area (TPSA) is 55.4 Å². The molecule has 0 saturated carbocycles. The highest BCUT2D eigenvalue weighted by atomic mass is 32.2. The van der Waals surface area contributed by atoms with E-state index in [0.29, 0.717) is 6.61 Å². The second-order valence-corrected chi connectivity index (χ2v) is 6.95. The second kappa shape index (κ2) is 7.57. The van der Waals surface area contributed by atoms with Crippen molar-refractivity contribution in [3.8, 4) is 5.75 Å². The van der Waals surface area contributed by atoms with Crippen molar-refractivity contribution in [2.75, 3.05) is 6.61 Å². The van der Waals surface area contributed by atoms with Crippen LogP contribution >= 0.6 is 0 Å². The minimum Gasteiger partial charge on any atom is -0.494 e. The first-order valence-corrected chi connectivity index (χ1v) is 9.02. The molecule has 1 N–H and O–H groups in total. The highest BCUT2D eigenvalue weighted by Gasteiger charge is 2.18. The second-order valence-electron chi connectivity index (χ2n) is 5.19. The molecule has 0 saturated heterocycles. The lowest BCUT2D eigenvalue weighted by Crippen LogP contribution is -2.28. The predicted molar refractivity (Wildman–Crippen MR) is 88.2 cm³/mol. The molecule has 0 aliphatic carbocycles. The third-order valence-corrected chi connectivity index (χ3v) is 4.75. The number of sulfonamides is 1. The van der Waals surface area contributed by atoms with Crippen LogP contribution in [-0.2, 0) is 15.8 Å². The largest absolute Gasteiger partial charge is 0.494 e. The Hall–Kier alpha value is -1.92. The molecule has 0 aromatic heterocycles. The van der Waals surface area contributed by atoms with Crippen LogP contribution in [-0.4, -0.2) is 15.0 Å². The van der Waals surface area contributed by atoms with E-state index in [-0.39, 0.29) is 11.3 Å². The molecule has 124 valence electrons. The Morgan fingerprint density at radius 3 is 2.39 bits per heavy atom. The first kappa shape index (κ1) is 17.4. The molecule has 2 aromatic rings. The van der Waals surface area contributed by atoms with Gasteiger partial charge in [0, 0.05) is 11.6 Å². The monoisotopic (exact) mass is 337 g/mol. The molecular weight excluding hydrogens is 317 g/mol. The molecule has 0 spiro atoms. The number of rotatable bonds is 7. The first-order chi connectivity index (χ1) is 10.9. The molecule has 1 atom stereocenters. The van der Waals surface area contributed by atoms with E-state index in [1.54, 1.807) is 37.3 Å². The van der Waals surface area contributed by atoms with Gasteiger partial charge in [-0.3, -0.25) is 0 Å². The van der Waals surface area contributed by atoms with E-state index in [4.69, 9.17) is 4.74 Å². The Labute approximate surface area is 136 Å². The standard InChI is InChI=1S/C17H20FNO3S/c1-3-22-16-10-8-14(9-11-16)13(2)19-23(20,21)12-15-6-4-5-7-17(15)18/h4-11,13,19H,3,12H2,1-2H3. The van der Waals surface area contributed by atoms with Gasteiger partial charge in [-0.2, -0.15) is 0 Å². The zero-order valence-electron chi connectivity index (χ0n) is 13.1. The van der Waals surface area contributed by atoms with Gasteiger partial charge in [-0.05, 0) is 37.6 Å². The van der Waals surface area contributed by atoms with E-state index >= 15 is 0 Å². The molecular formula is C17H20FNO3S. The summed E-state index contributed by atoms with van der Waals surface area (Å²) in [5, 5.41) is 0. The average molecular weight is 337 g/mol. The van der Waals surface area contributed by atoms with Crippen molar-refractivity contribution < 1.29 is 17.5 Å². The predicted octanol–water partition coefficient (Wildman–Crippen LogP) is 3.41. The molecule has 0 fully saturated rings. The Balaban J connectivity index is 2.06. The summed E-state index contributed by atoms with van der Waals surface area (Å²) in [7, 11) is -3.65. The highest BCUT2D eigenvalue weighted by molar-refractivity contribution is 7.88.